The van der Waals surface area contributed by atoms with Crippen LogP contribution in [0.25, 0.3) is 65.0 Å². The molecule has 0 radical (unpaired) electrons. The number of aromatic hydroxyl groups is 1. The molecule has 0 atom stereocenters. The van der Waals surface area contributed by atoms with Gasteiger partial charge in [-0.25, -0.2) is 9.18 Å². The second-order valence-electron chi connectivity index (χ2n) is 30.8. The number of phenolic OH excluding ortho intramolecular Hbond substituents is 1. The van der Waals surface area contributed by atoms with Crippen LogP contribution in [0.5, 0.6) is 28.7 Å². The number of anilines is 3. The molecule has 4 fully saturated rings. The number of carboxylic acid groups (broad SMARTS) is 1. The molecule has 0 saturated carbocycles. The number of aromatic carboxylic acids is 1. The van der Waals surface area contributed by atoms with Crippen molar-refractivity contribution >= 4 is 132 Å². The summed E-state index contributed by atoms with van der Waals surface area (Å²) in [6, 6.07) is 81.3. The van der Waals surface area contributed by atoms with Crippen LogP contribution in [0.4, 0.5) is 32.8 Å². The van der Waals surface area contributed by atoms with Crippen LogP contribution in [0.2, 0.25) is 0 Å². The normalized spacial score (nSPS) is 13.8. The maximum absolute atomic E-state index is 13.5. The van der Waals surface area contributed by atoms with E-state index in [1.165, 1.54) is 30.3 Å². The molecule has 0 aromatic heterocycles. The number of carbonyl (C=O) groups is 3. The summed E-state index contributed by atoms with van der Waals surface area (Å²) < 4.78 is 60.6. The molecular weight excluding hydrogens is 1850 g/mol. The van der Waals surface area contributed by atoms with Gasteiger partial charge in [-0.2, -0.15) is 0 Å². The average molecular weight is 1960 g/mol. The van der Waals surface area contributed by atoms with Gasteiger partial charge in [0, 0.05) is 171 Å². The third-order valence-corrected chi connectivity index (χ3v) is 23.2. The van der Waals surface area contributed by atoms with Crippen molar-refractivity contribution in [2.45, 2.75) is 14.4 Å². The van der Waals surface area contributed by atoms with E-state index in [1.54, 1.807) is 91.0 Å². The molecule has 14 aromatic rings. The quantitative estimate of drug-likeness (QED) is 0.0162. The molecule has 27 nitrogen and oxygen atoms in total. The molecule has 18 rings (SSSR count). The Bertz CT molecular complexity index is 6270. The summed E-state index contributed by atoms with van der Waals surface area (Å²) in [5.41, 5.74) is 12.4. The van der Waals surface area contributed by atoms with E-state index in [4.69, 9.17) is 48.7 Å². The van der Waals surface area contributed by atoms with Gasteiger partial charge in [-0.15, -0.1) is 0 Å². The Labute approximate surface area is 815 Å². The molecule has 0 aliphatic carbocycles. The van der Waals surface area contributed by atoms with Crippen molar-refractivity contribution in [2.75, 3.05) is 174 Å². The zero-order valence-electron chi connectivity index (χ0n) is 73.8. The topological polar surface area (TPSA) is 345 Å². The average Bonchev–Trinajstić information content (AvgIpc) is 0.810. The predicted molar refractivity (Wildman–Crippen MR) is 527 cm³/mol. The maximum Gasteiger partial charge on any atom is 1.00 e. The van der Waals surface area contributed by atoms with Crippen LogP contribution in [0.3, 0.4) is 0 Å². The number of ether oxygens (including phenoxy) is 8. The monoisotopic (exact) mass is 1960 g/mol. The Hall–Kier alpha value is -12.1. The number of morpholine rings is 4. The molecule has 134 heavy (non-hydrogen) atoms. The number of nitro benzene ring substituents is 2. The van der Waals surface area contributed by atoms with Crippen molar-refractivity contribution in [3.63, 3.8) is 0 Å². The number of carbonyl (C=O) groups excluding carboxylic acids is 2. The van der Waals surface area contributed by atoms with E-state index in [0.717, 1.165) is 229 Å². The second kappa shape index (κ2) is 53.1. The van der Waals surface area contributed by atoms with Gasteiger partial charge in [0.05, 0.1) is 79.0 Å². The van der Waals surface area contributed by atoms with E-state index >= 15 is 0 Å². The van der Waals surface area contributed by atoms with Crippen molar-refractivity contribution in [1.82, 2.24) is 19.6 Å². The van der Waals surface area contributed by atoms with Crippen LogP contribution in [-0.2, 0) is 18.9 Å². The fourth-order valence-corrected chi connectivity index (χ4v) is 16.1. The number of halogens is 3. The minimum Gasteiger partial charge on any atom is -0.870 e. The number of hydrogen-bond donors (Lipinski definition) is 5. The molecule has 0 spiro atoms. The van der Waals surface area contributed by atoms with Crippen molar-refractivity contribution in [3.05, 3.63) is 330 Å². The Kier molecular flexibility index (Phi) is 41.2. The van der Waals surface area contributed by atoms with E-state index in [0.29, 0.717) is 65.0 Å². The molecule has 0 unspecified atom stereocenters. The molecule has 14 aromatic carbocycles. The van der Waals surface area contributed by atoms with Gasteiger partial charge in [0.15, 0.2) is 0 Å². The fraction of sp³-hybridized carbons (Fsp3) is 0.252. The molecule has 31 heteroatoms. The number of nitrogens with zero attached hydrogens (tertiary/aromatic N) is 6. The van der Waals surface area contributed by atoms with Crippen LogP contribution in [-0.4, -0.2) is 221 Å². The zero-order valence-corrected chi connectivity index (χ0v) is 79.0. The van der Waals surface area contributed by atoms with Crippen LogP contribution < -0.4 is 64.9 Å². The number of aryl methyl sites for hydroxylation is 1. The van der Waals surface area contributed by atoms with Crippen molar-refractivity contribution in [3.8, 4) is 39.9 Å². The number of nitrogens with one attached hydrogen (secondary N) is 2. The third kappa shape index (κ3) is 29.7. The Balaban J connectivity index is 0.000000172. The first-order valence-corrected chi connectivity index (χ1v) is 44.6. The SMILES string of the molecule is C.Cc1cc(F)ccc1-c1cccc(C(=O)Nc2ccc(OCCN3CCOCC3)c3ccccc23)c1.Nc1ccc(OCCN2CCOCC2)c2ccccc12.O=C(Nc1ccc(OCCN2CCOCC2)c2ccccc12)c1cccc(Br)c1.O=C(O)c1cccc(Br)c1.O=[N+]([O-])c1ccc(O)c2ccccc12.O=[N+]([O-])c1ccc(OCCN2CCOCC2)c2ccccc12.[Na+].[OH-]. The number of nitrogen functional groups attached to an aromatic ring is 1. The van der Waals surface area contributed by atoms with Gasteiger partial charge in [-0.3, -0.25) is 49.4 Å². The predicted octanol–water partition coefficient (Wildman–Crippen LogP) is 17.1. The molecule has 0 bridgehead atoms. The number of non-ortho nitro benzene ring substituents is 2. The van der Waals surface area contributed by atoms with E-state index in [2.05, 4.69) is 68.2 Å². The van der Waals surface area contributed by atoms with Gasteiger partial charge >= 0.3 is 35.5 Å². The van der Waals surface area contributed by atoms with Gasteiger partial charge in [-0.1, -0.05) is 179 Å². The molecular formula is C103H107Br2FN9NaO18. The fourth-order valence-electron chi connectivity index (χ4n) is 15.3. The Morgan fingerprint density at radius 2 is 0.739 bits per heavy atom. The summed E-state index contributed by atoms with van der Waals surface area (Å²) in [5.74, 6) is 1.76. The van der Waals surface area contributed by atoms with E-state index < -0.39 is 10.9 Å². The third-order valence-electron chi connectivity index (χ3n) is 22.2. The number of carboxylic acids is 1. The first-order valence-electron chi connectivity index (χ1n) is 43.1. The number of nitro groups is 2. The van der Waals surface area contributed by atoms with Crippen LogP contribution in [0.15, 0.2) is 282 Å². The van der Waals surface area contributed by atoms with E-state index in [9.17, 15) is 44.1 Å². The van der Waals surface area contributed by atoms with Crippen molar-refractivity contribution < 1.29 is 112 Å². The first-order chi connectivity index (χ1) is 63.8. The van der Waals surface area contributed by atoms with Gasteiger partial charge in [0.1, 0.15) is 61.0 Å². The minimum atomic E-state index is -0.902. The Morgan fingerprint density at radius 3 is 1.13 bits per heavy atom. The summed E-state index contributed by atoms with van der Waals surface area (Å²) >= 11 is 6.58. The first kappa shape index (κ1) is 104. The largest absolute Gasteiger partial charge is 1.00 e. The summed E-state index contributed by atoms with van der Waals surface area (Å²) in [6.45, 7) is 21.7. The van der Waals surface area contributed by atoms with E-state index in [1.807, 2.05) is 153 Å². The molecule has 7 N–H and O–H groups in total. The number of hydrogen-bond acceptors (Lipinski definition) is 22. The van der Waals surface area contributed by atoms with Gasteiger partial charge in [-0.05, 0) is 145 Å². The van der Waals surface area contributed by atoms with Crippen LogP contribution in [0.1, 0.15) is 44.1 Å². The second-order valence-corrected chi connectivity index (χ2v) is 32.6. The number of fused-ring (bicyclic) bond motifs is 5. The van der Waals surface area contributed by atoms with Crippen LogP contribution >= 0.6 is 31.9 Å². The molecule has 694 valence electrons. The summed E-state index contributed by atoms with van der Waals surface area (Å²) in [6.07, 6.45) is 0. The number of rotatable bonds is 24. The number of nitrogens with two attached hydrogens (primary N) is 1. The minimum absolute atomic E-state index is 0. The standard InChI is InChI=1S/C30H29FN2O3.C23H23BrN2O3.C16H18N2O4.C16H20N2O2.C10H7NO3.C7H5BrO2.CH4.Na.H2O/c1-21-19-24(31)9-10-25(21)22-5-4-6-23(20-22)30(34)32-28-11-12-29(27-8-3-2-7-26(27)28)36-18-15-33-13-16-35-17-14-33;24-18-5-3-4-17(16-18)23(27)25-21-8-9-22(20-7-2-1-6-19(20)21)29-15-12-26-10-13-28-14-11-26;19-18(20)15-5-6-16(14-4-2-1-3-13(14)15)22-12-9-17-7-10-21-11-8-17;17-15-5-6-16(14-4-2-1-3-13(14)15)20-12-9-18-7-10-19-11-8-18;12-10-6-5-9(11(13)14)7-3-1-2-4-8(7)10;8-6-3-1-2-5(4-6)7(9)10;;;/h2-12,19-20H,13-18H2,1H3,(H,32,34);1-9,16H,10-15H2,(H,25,27);1-6H,7-12H2;1-6H,7-12,17H2;1-6,12H;1-4H,(H,9,10);1H4;;1H2/q;;;;;;;+1;/p-1. The molecule has 4 saturated heterocycles. The smallest absolute Gasteiger partial charge is 0.870 e. The van der Waals surface area contributed by atoms with Gasteiger partial charge in [0.25, 0.3) is 23.2 Å². The van der Waals surface area contributed by atoms with Gasteiger partial charge < -0.3 is 70.0 Å². The Morgan fingerprint density at radius 1 is 0.410 bits per heavy atom. The van der Waals surface area contributed by atoms with Crippen molar-refractivity contribution in [2.24, 2.45) is 0 Å². The molecule has 2 amide bonds. The number of benzene rings is 14. The molecule has 4 heterocycles. The summed E-state index contributed by atoms with van der Waals surface area (Å²) in [4.78, 5) is 66.4. The van der Waals surface area contributed by atoms with E-state index in [-0.39, 0.29) is 82.1 Å². The zero-order chi connectivity index (χ0) is 91.8. The molecule has 4 aliphatic heterocycles. The van der Waals surface area contributed by atoms with Crippen molar-refractivity contribution in [1.29, 1.82) is 0 Å². The summed E-state index contributed by atoms with van der Waals surface area (Å²) in [5, 5.41) is 54.1. The molecule has 4 aliphatic rings. The summed E-state index contributed by atoms with van der Waals surface area (Å²) in [7, 11) is 0. The number of amides is 2. The number of phenols is 1. The van der Waals surface area contributed by atoms with Crippen LogP contribution in [0, 0.1) is 33.0 Å². The maximum atomic E-state index is 13.5. The van der Waals surface area contributed by atoms with Gasteiger partial charge in [0.2, 0.25) is 0 Å².